The Labute approximate surface area is 183 Å². The average molecular weight is 425 g/mol. The Balaban J connectivity index is 1.57. The molecule has 0 N–H and O–H groups in total. The second-order valence-electron chi connectivity index (χ2n) is 9.70. The van der Waals surface area contributed by atoms with Gasteiger partial charge in [0.15, 0.2) is 5.65 Å². The summed E-state index contributed by atoms with van der Waals surface area (Å²) in [7, 11) is 1.83. The van der Waals surface area contributed by atoms with Gasteiger partial charge in [0, 0.05) is 43.2 Å². The molecule has 3 heterocycles. The van der Waals surface area contributed by atoms with E-state index in [2.05, 4.69) is 68.4 Å². The first-order valence-electron chi connectivity index (χ1n) is 10.8. The summed E-state index contributed by atoms with van der Waals surface area (Å²) in [6.07, 6.45) is 2.30. The van der Waals surface area contributed by atoms with Crippen molar-refractivity contribution in [3.63, 3.8) is 0 Å². The number of rotatable bonds is 4. The fourth-order valence-electron chi connectivity index (χ4n) is 4.16. The molecular formula is C24H32N4OS. The molecule has 1 aliphatic heterocycles. The number of aromatic nitrogens is 3. The highest BCUT2D eigenvalue weighted by Crippen LogP contribution is 2.33. The maximum Gasteiger partial charge on any atom is 0.330 e. The SMILES string of the molecule is Cc1ccc(SN2CCCC(c3ccc4c(n3)n(C)c(=O)n4CC(C)(C)C)C2)cc1. The topological polar surface area (TPSA) is 43.1 Å². The Bertz CT molecular complexity index is 1090. The maximum absolute atomic E-state index is 12.8. The zero-order valence-corrected chi connectivity index (χ0v) is 19.5. The van der Waals surface area contributed by atoms with Crippen molar-refractivity contribution in [2.75, 3.05) is 13.1 Å². The minimum absolute atomic E-state index is 0.0183. The Hall–Kier alpha value is -2.05. The maximum atomic E-state index is 12.8. The highest BCUT2D eigenvalue weighted by atomic mass is 32.2. The molecule has 4 rings (SSSR count). The van der Waals surface area contributed by atoms with E-state index in [0.717, 1.165) is 42.8 Å². The quantitative estimate of drug-likeness (QED) is 0.554. The Kier molecular flexibility index (Phi) is 5.82. The molecule has 1 fully saturated rings. The molecule has 6 heteroatoms. The van der Waals surface area contributed by atoms with Gasteiger partial charge in [-0.3, -0.25) is 9.13 Å². The lowest BCUT2D eigenvalue weighted by atomic mass is 9.95. The molecule has 0 spiro atoms. The largest absolute Gasteiger partial charge is 0.330 e. The van der Waals surface area contributed by atoms with Crippen molar-refractivity contribution in [2.45, 2.75) is 57.9 Å². The molecule has 0 aliphatic carbocycles. The van der Waals surface area contributed by atoms with Crippen LogP contribution in [0.25, 0.3) is 11.2 Å². The van der Waals surface area contributed by atoms with E-state index in [-0.39, 0.29) is 11.1 Å². The van der Waals surface area contributed by atoms with Gasteiger partial charge in [0.25, 0.3) is 0 Å². The van der Waals surface area contributed by atoms with Gasteiger partial charge in [-0.1, -0.05) is 38.5 Å². The summed E-state index contributed by atoms with van der Waals surface area (Å²) in [5.41, 5.74) is 4.17. The smallest absolute Gasteiger partial charge is 0.290 e. The molecule has 1 atom stereocenters. The van der Waals surface area contributed by atoms with E-state index >= 15 is 0 Å². The minimum Gasteiger partial charge on any atom is -0.290 e. The van der Waals surface area contributed by atoms with Gasteiger partial charge in [0.05, 0.1) is 5.52 Å². The molecule has 0 bridgehead atoms. The van der Waals surface area contributed by atoms with Crippen molar-refractivity contribution in [1.82, 2.24) is 18.4 Å². The molecule has 1 aromatic carbocycles. The fourth-order valence-corrected chi connectivity index (χ4v) is 5.19. The van der Waals surface area contributed by atoms with E-state index in [1.807, 2.05) is 23.6 Å². The zero-order valence-electron chi connectivity index (χ0n) is 18.7. The summed E-state index contributed by atoms with van der Waals surface area (Å²) in [5.74, 6) is 0.391. The summed E-state index contributed by atoms with van der Waals surface area (Å²) in [6, 6.07) is 13.0. The van der Waals surface area contributed by atoms with Crippen LogP contribution in [0.4, 0.5) is 0 Å². The molecule has 5 nitrogen and oxygen atoms in total. The lowest BCUT2D eigenvalue weighted by Gasteiger charge is -2.31. The average Bonchev–Trinajstić information content (AvgIpc) is 2.93. The van der Waals surface area contributed by atoms with Gasteiger partial charge in [-0.15, -0.1) is 0 Å². The number of piperidine rings is 1. The van der Waals surface area contributed by atoms with Crippen LogP contribution < -0.4 is 5.69 Å². The second kappa shape index (κ2) is 8.23. The number of fused-ring (bicyclic) bond motifs is 1. The summed E-state index contributed by atoms with van der Waals surface area (Å²) < 4.78 is 6.02. The molecule has 30 heavy (non-hydrogen) atoms. The van der Waals surface area contributed by atoms with Gasteiger partial charge < -0.3 is 0 Å². The number of nitrogens with zero attached hydrogens (tertiary/aromatic N) is 4. The van der Waals surface area contributed by atoms with Crippen molar-refractivity contribution < 1.29 is 0 Å². The zero-order chi connectivity index (χ0) is 21.5. The summed E-state index contributed by atoms with van der Waals surface area (Å²) in [5, 5.41) is 0. The van der Waals surface area contributed by atoms with Crippen molar-refractivity contribution in [1.29, 1.82) is 0 Å². The standard InChI is InChI=1S/C24H32N4OS/c1-17-8-10-19(11-9-17)30-27-14-6-7-18(15-27)20-12-13-21-22(25-20)26(5)23(29)28(21)16-24(2,3)4/h8-13,18H,6-7,14-16H2,1-5H3. The van der Waals surface area contributed by atoms with E-state index in [1.54, 1.807) is 4.57 Å². The third-order valence-corrected chi connectivity index (χ3v) is 6.77. The van der Waals surface area contributed by atoms with Crippen LogP contribution in [-0.4, -0.2) is 31.5 Å². The predicted molar refractivity (Wildman–Crippen MR) is 125 cm³/mol. The highest BCUT2D eigenvalue weighted by Gasteiger charge is 2.25. The third kappa shape index (κ3) is 4.49. The molecule has 0 amide bonds. The number of hydrogen-bond acceptors (Lipinski definition) is 4. The first kappa shape index (κ1) is 21.2. The van der Waals surface area contributed by atoms with Crippen LogP contribution in [0.3, 0.4) is 0 Å². The van der Waals surface area contributed by atoms with E-state index in [9.17, 15) is 4.79 Å². The lowest BCUT2D eigenvalue weighted by Crippen LogP contribution is -2.29. The Morgan fingerprint density at radius 2 is 1.87 bits per heavy atom. The van der Waals surface area contributed by atoms with Crippen LogP contribution in [0.5, 0.6) is 0 Å². The Morgan fingerprint density at radius 3 is 2.57 bits per heavy atom. The summed E-state index contributed by atoms with van der Waals surface area (Å²) in [6.45, 7) is 11.3. The predicted octanol–water partition coefficient (Wildman–Crippen LogP) is 4.98. The van der Waals surface area contributed by atoms with E-state index in [1.165, 1.54) is 10.5 Å². The van der Waals surface area contributed by atoms with Crippen LogP contribution in [-0.2, 0) is 13.6 Å². The van der Waals surface area contributed by atoms with Crippen LogP contribution in [0, 0.1) is 12.3 Å². The number of aryl methyl sites for hydroxylation is 2. The number of hydrogen-bond donors (Lipinski definition) is 0. The Morgan fingerprint density at radius 1 is 1.13 bits per heavy atom. The molecule has 0 saturated carbocycles. The molecular weight excluding hydrogens is 392 g/mol. The van der Waals surface area contributed by atoms with Gasteiger partial charge in [0.2, 0.25) is 0 Å². The fraction of sp³-hybridized carbons (Fsp3) is 0.500. The van der Waals surface area contributed by atoms with Crippen LogP contribution >= 0.6 is 11.9 Å². The van der Waals surface area contributed by atoms with Gasteiger partial charge >= 0.3 is 5.69 Å². The molecule has 1 unspecified atom stereocenters. The second-order valence-corrected chi connectivity index (χ2v) is 10.9. The van der Waals surface area contributed by atoms with Crippen LogP contribution in [0.2, 0.25) is 0 Å². The number of pyridine rings is 1. The molecule has 3 aromatic rings. The lowest BCUT2D eigenvalue weighted by molar-refractivity contribution is 0.339. The normalized spacial score (nSPS) is 18.2. The highest BCUT2D eigenvalue weighted by molar-refractivity contribution is 7.97. The van der Waals surface area contributed by atoms with Gasteiger partial charge in [0.1, 0.15) is 0 Å². The molecule has 1 aliphatic rings. The first-order valence-corrected chi connectivity index (χ1v) is 11.5. The summed E-state index contributed by atoms with van der Waals surface area (Å²) in [4.78, 5) is 19.1. The number of imidazole rings is 1. The molecule has 2 aromatic heterocycles. The van der Waals surface area contributed by atoms with Gasteiger partial charge in [-0.2, -0.15) is 0 Å². The molecule has 160 valence electrons. The van der Waals surface area contributed by atoms with E-state index in [4.69, 9.17) is 4.98 Å². The van der Waals surface area contributed by atoms with E-state index in [0.29, 0.717) is 12.5 Å². The van der Waals surface area contributed by atoms with Gasteiger partial charge in [-0.05, 0) is 61.4 Å². The van der Waals surface area contributed by atoms with E-state index < -0.39 is 0 Å². The monoisotopic (exact) mass is 424 g/mol. The minimum atomic E-state index is 0.0183. The third-order valence-electron chi connectivity index (χ3n) is 5.69. The van der Waals surface area contributed by atoms with Crippen molar-refractivity contribution in [3.05, 3.63) is 58.1 Å². The summed E-state index contributed by atoms with van der Waals surface area (Å²) >= 11 is 1.84. The molecule has 1 saturated heterocycles. The number of benzene rings is 1. The molecule has 0 radical (unpaired) electrons. The van der Waals surface area contributed by atoms with Crippen LogP contribution in [0.15, 0.2) is 46.1 Å². The van der Waals surface area contributed by atoms with Crippen LogP contribution in [0.1, 0.15) is 50.8 Å². The first-order chi connectivity index (χ1) is 14.2. The van der Waals surface area contributed by atoms with Crippen molar-refractivity contribution in [3.8, 4) is 0 Å². The van der Waals surface area contributed by atoms with Crippen molar-refractivity contribution in [2.24, 2.45) is 12.5 Å². The van der Waals surface area contributed by atoms with Gasteiger partial charge in [-0.25, -0.2) is 14.1 Å². The van der Waals surface area contributed by atoms with Crippen molar-refractivity contribution >= 4 is 23.1 Å².